The molecule has 1 unspecified atom stereocenters. The molecule has 2 aromatic heterocycles. The lowest BCUT2D eigenvalue weighted by Crippen LogP contribution is -2.08. The van der Waals surface area contributed by atoms with Crippen molar-refractivity contribution in [1.29, 1.82) is 0 Å². The fourth-order valence-corrected chi connectivity index (χ4v) is 3.46. The van der Waals surface area contributed by atoms with Gasteiger partial charge in [0.25, 0.3) is 0 Å². The van der Waals surface area contributed by atoms with Crippen LogP contribution in [0.1, 0.15) is 17.8 Å². The van der Waals surface area contributed by atoms with E-state index >= 15 is 0 Å². The summed E-state index contributed by atoms with van der Waals surface area (Å²) in [7, 11) is 0. The second-order valence-corrected chi connectivity index (χ2v) is 6.57. The molecule has 20 heavy (non-hydrogen) atoms. The number of benzene rings is 1. The minimum absolute atomic E-state index is 0.0510. The van der Waals surface area contributed by atoms with Crippen LogP contribution in [0, 0.1) is 5.82 Å². The van der Waals surface area contributed by atoms with Crippen LogP contribution in [0.25, 0.3) is 11.0 Å². The average Bonchev–Trinajstić information content (AvgIpc) is 2.93. The Bertz CT molecular complexity index is 796. The molecule has 2 heterocycles. The molecular weight excluding hydrogens is 320 g/mol. The van der Waals surface area contributed by atoms with E-state index in [0.29, 0.717) is 21.3 Å². The zero-order valence-corrected chi connectivity index (χ0v) is 12.7. The van der Waals surface area contributed by atoms with E-state index in [1.807, 2.05) is 23.6 Å². The van der Waals surface area contributed by atoms with Gasteiger partial charge in [-0.15, -0.1) is 11.3 Å². The predicted octanol–water partition coefficient (Wildman–Crippen LogP) is 4.74. The van der Waals surface area contributed by atoms with E-state index in [9.17, 15) is 4.39 Å². The van der Waals surface area contributed by atoms with Gasteiger partial charge in [0.15, 0.2) is 0 Å². The molecule has 3 nitrogen and oxygen atoms in total. The Morgan fingerprint density at radius 1 is 1.35 bits per heavy atom. The van der Waals surface area contributed by atoms with Gasteiger partial charge in [-0.25, -0.2) is 9.37 Å². The highest BCUT2D eigenvalue weighted by Crippen LogP contribution is 2.34. The van der Waals surface area contributed by atoms with Gasteiger partial charge in [0.2, 0.25) is 5.95 Å². The summed E-state index contributed by atoms with van der Waals surface area (Å²) in [4.78, 5) is 5.23. The van der Waals surface area contributed by atoms with Gasteiger partial charge in [-0.05, 0) is 25.1 Å². The molecule has 2 N–H and O–H groups in total. The Labute approximate surface area is 128 Å². The summed E-state index contributed by atoms with van der Waals surface area (Å²) in [6.45, 7) is 1.98. The summed E-state index contributed by atoms with van der Waals surface area (Å²) < 4.78 is 16.0. The molecule has 3 aromatic rings. The molecule has 104 valence electrons. The van der Waals surface area contributed by atoms with Crippen LogP contribution in [-0.2, 0) is 0 Å². The Kier molecular flexibility index (Phi) is 3.36. The number of nitrogens with two attached hydrogens (primary N) is 1. The monoisotopic (exact) mass is 329 g/mol. The number of nitrogen functional groups attached to an aromatic ring is 1. The van der Waals surface area contributed by atoms with Gasteiger partial charge in [0.05, 0.1) is 26.4 Å². The van der Waals surface area contributed by atoms with Crippen molar-refractivity contribution in [3.8, 4) is 0 Å². The lowest BCUT2D eigenvalue weighted by molar-refractivity contribution is 0.629. The van der Waals surface area contributed by atoms with Gasteiger partial charge < -0.3 is 10.3 Å². The molecule has 0 spiro atoms. The minimum Gasteiger partial charge on any atom is -0.369 e. The molecule has 1 aromatic carbocycles. The highest BCUT2D eigenvalue weighted by molar-refractivity contribution is 7.16. The first-order valence-corrected chi connectivity index (χ1v) is 7.42. The number of halogens is 3. The Hall–Kier alpha value is -1.30. The van der Waals surface area contributed by atoms with Crippen molar-refractivity contribution < 1.29 is 4.39 Å². The average molecular weight is 330 g/mol. The normalized spacial score (nSPS) is 13.0. The maximum atomic E-state index is 13.5. The van der Waals surface area contributed by atoms with E-state index in [0.717, 1.165) is 4.88 Å². The van der Waals surface area contributed by atoms with E-state index in [4.69, 9.17) is 28.9 Å². The van der Waals surface area contributed by atoms with Gasteiger partial charge in [-0.3, -0.25) is 0 Å². The summed E-state index contributed by atoms with van der Waals surface area (Å²) in [5.74, 6) is -0.186. The highest BCUT2D eigenvalue weighted by Gasteiger charge is 2.18. The van der Waals surface area contributed by atoms with Gasteiger partial charge in [0, 0.05) is 10.9 Å². The number of nitrogens with zero attached hydrogens (tertiary/aromatic N) is 2. The number of aromatic nitrogens is 2. The van der Waals surface area contributed by atoms with Crippen molar-refractivity contribution in [2.45, 2.75) is 13.0 Å². The quantitative estimate of drug-likeness (QED) is 0.738. The molecule has 0 saturated heterocycles. The van der Waals surface area contributed by atoms with Gasteiger partial charge >= 0.3 is 0 Å². The minimum atomic E-state index is -0.504. The zero-order chi connectivity index (χ0) is 14.4. The summed E-state index contributed by atoms with van der Waals surface area (Å²) in [6.07, 6.45) is 0. The number of anilines is 1. The summed E-state index contributed by atoms with van der Waals surface area (Å²) in [5, 5.41) is 0.0510. The van der Waals surface area contributed by atoms with E-state index in [1.165, 1.54) is 17.4 Å². The van der Waals surface area contributed by atoms with E-state index in [-0.39, 0.29) is 11.1 Å². The number of hydrogen-bond donors (Lipinski definition) is 1. The molecule has 1 atom stereocenters. The molecule has 0 bridgehead atoms. The van der Waals surface area contributed by atoms with Crippen LogP contribution in [0.15, 0.2) is 24.3 Å². The SMILES string of the molecule is CC(c1ccc(Cl)s1)n1c(N)nc2cc(F)c(Cl)cc21. The van der Waals surface area contributed by atoms with Crippen LogP contribution in [-0.4, -0.2) is 9.55 Å². The van der Waals surface area contributed by atoms with Crippen molar-refractivity contribution in [2.75, 3.05) is 5.73 Å². The number of thiophene rings is 1. The molecule has 0 amide bonds. The Balaban J connectivity index is 2.20. The van der Waals surface area contributed by atoms with Crippen molar-refractivity contribution >= 4 is 51.5 Å². The molecule has 0 fully saturated rings. The number of imidazole rings is 1. The van der Waals surface area contributed by atoms with Crippen molar-refractivity contribution in [1.82, 2.24) is 9.55 Å². The standard InChI is InChI=1S/C13H10Cl2FN3S/c1-6(11-2-3-12(15)20-11)19-10-4-7(14)8(16)5-9(10)18-13(19)17/h2-6H,1H3,(H2,17,18). The topological polar surface area (TPSA) is 43.8 Å². The van der Waals surface area contributed by atoms with Gasteiger partial charge in [-0.1, -0.05) is 23.2 Å². The van der Waals surface area contributed by atoms with Crippen molar-refractivity contribution in [3.63, 3.8) is 0 Å². The molecule has 0 aliphatic rings. The lowest BCUT2D eigenvalue weighted by Gasteiger charge is -2.14. The number of hydrogen-bond acceptors (Lipinski definition) is 3. The van der Waals surface area contributed by atoms with Crippen LogP contribution in [0.3, 0.4) is 0 Å². The van der Waals surface area contributed by atoms with Crippen molar-refractivity contribution in [3.05, 3.63) is 44.3 Å². The number of fused-ring (bicyclic) bond motifs is 1. The molecule has 0 aliphatic carbocycles. The molecular formula is C13H10Cl2FN3S. The van der Waals surface area contributed by atoms with Crippen LogP contribution in [0.4, 0.5) is 10.3 Å². The van der Waals surface area contributed by atoms with Crippen LogP contribution in [0.5, 0.6) is 0 Å². The first-order valence-electron chi connectivity index (χ1n) is 5.85. The third kappa shape index (κ3) is 2.16. The predicted molar refractivity (Wildman–Crippen MR) is 82.3 cm³/mol. The van der Waals surface area contributed by atoms with Crippen LogP contribution >= 0.6 is 34.5 Å². The fraction of sp³-hybridized carbons (Fsp3) is 0.154. The second-order valence-electron chi connectivity index (χ2n) is 4.41. The smallest absolute Gasteiger partial charge is 0.201 e. The third-order valence-electron chi connectivity index (χ3n) is 3.15. The molecule has 3 rings (SSSR count). The maximum absolute atomic E-state index is 13.5. The van der Waals surface area contributed by atoms with Crippen molar-refractivity contribution in [2.24, 2.45) is 0 Å². The molecule has 7 heteroatoms. The first-order chi connectivity index (χ1) is 9.47. The third-order valence-corrected chi connectivity index (χ3v) is 4.84. The summed E-state index contributed by atoms with van der Waals surface area (Å²) >= 11 is 13.3. The van der Waals surface area contributed by atoms with E-state index < -0.39 is 5.82 Å². The van der Waals surface area contributed by atoms with E-state index in [2.05, 4.69) is 4.98 Å². The second kappa shape index (κ2) is 4.91. The van der Waals surface area contributed by atoms with Crippen LogP contribution < -0.4 is 5.73 Å². The molecule has 0 radical (unpaired) electrons. The van der Waals surface area contributed by atoms with Gasteiger partial charge in [0.1, 0.15) is 5.82 Å². The number of rotatable bonds is 2. The van der Waals surface area contributed by atoms with E-state index in [1.54, 1.807) is 6.07 Å². The zero-order valence-electron chi connectivity index (χ0n) is 10.4. The highest BCUT2D eigenvalue weighted by atomic mass is 35.5. The summed E-state index contributed by atoms with van der Waals surface area (Å²) in [6, 6.07) is 6.55. The van der Waals surface area contributed by atoms with Crippen LogP contribution in [0.2, 0.25) is 9.36 Å². The Morgan fingerprint density at radius 3 is 2.75 bits per heavy atom. The summed E-state index contributed by atoms with van der Waals surface area (Å²) in [5.41, 5.74) is 7.14. The lowest BCUT2D eigenvalue weighted by atomic mass is 10.2. The maximum Gasteiger partial charge on any atom is 0.201 e. The first kappa shape index (κ1) is 13.7. The van der Waals surface area contributed by atoms with Gasteiger partial charge in [-0.2, -0.15) is 0 Å². The molecule has 0 aliphatic heterocycles. The Morgan fingerprint density at radius 2 is 2.10 bits per heavy atom. The largest absolute Gasteiger partial charge is 0.369 e. The fourth-order valence-electron chi connectivity index (χ4n) is 2.20. The molecule has 0 saturated carbocycles.